The number of benzene rings is 2. The minimum atomic E-state index is -0.0897. The number of rotatable bonds is 2. The second kappa shape index (κ2) is 5.60. The van der Waals surface area contributed by atoms with Crippen molar-refractivity contribution in [1.29, 1.82) is 0 Å². The van der Waals surface area contributed by atoms with Gasteiger partial charge in [0.2, 0.25) is 0 Å². The third-order valence-electron chi connectivity index (χ3n) is 3.79. The molecule has 1 amide bonds. The molecule has 0 bridgehead atoms. The summed E-state index contributed by atoms with van der Waals surface area (Å²) in [6.07, 6.45) is 1.74. The lowest BCUT2D eigenvalue weighted by Gasteiger charge is -2.12. The molecule has 3 aromatic rings. The van der Waals surface area contributed by atoms with Crippen LogP contribution in [0.2, 0.25) is 0 Å². The normalized spacial score (nSPS) is 10.7. The van der Waals surface area contributed by atoms with E-state index in [-0.39, 0.29) is 5.91 Å². The molecule has 1 aromatic heterocycles. The molecule has 0 saturated heterocycles. The monoisotopic (exact) mass is 290 g/mol. The largest absolute Gasteiger partial charge is 0.320 e. The van der Waals surface area contributed by atoms with Gasteiger partial charge in [-0.25, -0.2) is 0 Å². The van der Waals surface area contributed by atoms with Gasteiger partial charge in [0.05, 0.1) is 11.2 Å². The Morgan fingerprint density at radius 2 is 1.68 bits per heavy atom. The lowest BCUT2D eigenvalue weighted by Crippen LogP contribution is -2.15. The highest BCUT2D eigenvalue weighted by molar-refractivity contribution is 6.09. The molecule has 3 heteroatoms. The number of hydrogen-bond acceptors (Lipinski definition) is 2. The summed E-state index contributed by atoms with van der Waals surface area (Å²) in [4.78, 5) is 17.0. The fourth-order valence-electron chi connectivity index (χ4n) is 2.93. The second-order valence-electron chi connectivity index (χ2n) is 5.61. The number of aryl methyl sites for hydroxylation is 3. The van der Waals surface area contributed by atoms with Crippen LogP contribution in [0.25, 0.3) is 10.9 Å². The molecule has 2 aromatic carbocycles. The van der Waals surface area contributed by atoms with E-state index in [1.807, 2.05) is 63.2 Å². The van der Waals surface area contributed by atoms with Crippen molar-refractivity contribution < 1.29 is 4.79 Å². The summed E-state index contributed by atoms with van der Waals surface area (Å²) >= 11 is 0. The summed E-state index contributed by atoms with van der Waals surface area (Å²) in [5, 5.41) is 4.01. The van der Waals surface area contributed by atoms with Gasteiger partial charge >= 0.3 is 0 Å². The zero-order valence-electron chi connectivity index (χ0n) is 13.0. The summed E-state index contributed by atoms with van der Waals surface area (Å²) < 4.78 is 0. The van der Waals surface area contributed by atoms with Crippen molar-refractivity contribution in [3.05, 3.63) is 70.9 Å². The summed E-state index contributed by atoms with van der Waals surface area (Å²) in [5.41, 5.74) is 5.42. The first-order valence-corrected chi connectivity index (χ1v) is 7.29. The van der Waals surface area contributed by atoms with Crippen LogP contribution in [0.1, 0.15) is 27.0 Å². The quantitative estimate of drug-likeness (QED) is 0.759. The third-order valence-corrected chi connectivity index (χ3v) is 3.79. The van der Waals surface area contributed by atoms with Gasteiger partial charge in [-0.1, -0.05) is 35.9 Å². The van der Waals surface area contributed by atoms with E-state index in [4.69, 9.17) is 0 Å². The number of anilines is 1. The molecule has 3 nitrogen and oxygen atoms in total. The van der Waals surface area contributed by atoms with Gasteiger partial charge < -0.3 is 5.32 Å². The van der Waals surface area contributed by atoms with Crippen molar-refractivity contribution in [2.75, 3.05) is 5.32 Å². The Kier molecular flexibility index (Phi) is 3.63. The van der Waals surface area contributed by atoms with Crippen molar-refractivity contribution in [3.8, 4) is 0 Å². The summed E-state index contributed by atoms with van der Waals surface area (Å²) in [5.74, 6) is -0.0897. The Labute approximate surface area is 130 Å². The second-order valence-corrected chi connectivity index (χ2v) is 5.61. The van der Waals surface area contributed by atoms with E-state index in [0.29, 0.717) is 0 Å². The number of amides is 1. The van der Waals surface area contributed by atoms with Crippen molar-refractivity contribution in [3.63, 3.8) is 0 Å². The zero-order valence-corrected chi connectivity index (χ0v) is 13.0. The fourth-order valence-corrected chi connectivity index (χ4v) is 2.93. The van der Waals surface area contributed by atoms with E-state index < -0.39 is 0 Å². The number of pyridine rings is 1. The maximum absolute atomic E-state index is 12.7. The molecule has 0 aliphatic heterocycles. The van der Waals surface area contributed by atoms with Gasteiger partial charge in [0.1, 0.15) is 0 Å². The molecule has 3 rings (SSSR count). The lowest BCUT2D eigenvalue weighted by atomic mass is 9.99. The Morgan fingerprint density at radius 3 is 2.41 bits per heavy atom. The number of carbonyl (C=O) groups excluding carboxylic acids is 1. The van der Waals surface area contributed by atoms with Crippen LogP contribution in [0, 0.1) is 20.8 Å². The van der Waals surface area contributed by atoms with Crippen LogP contribution >= 0.6 is 0 Å². The predicted octanol–water partition coefficient (Wildman–Crippen LogP) is 4.41. The fraction of sp³-hybridized carbons (Fsp3) is 0.158. The Balaban J connectivity index is 2.01. The van der Waals surface area contributed by atoms with Crippen LogP contribution in [0.15, 0.2) is 48.7 Å². The molecular formula is C19H18N2O. The Hall–Kier alpha value is -2.68. The van der Waals surface area contributed by atoms with Crippen LogP contribution in [0.3, 0.4) is 0 Å². The first-order chi connectivity index (χ1) is 10.6. The minimum Gasteiger partial charge on any atom is -0.320 e. The van der Waals surface area contributed by atoms with E-state index in [0.717, 1.165) is 33.3 Å². The number of fused-ring (bicyclic) bond motifs is 1. The van der Waals surface area contributed by atoms with Crippen molar-refractivity contribution >= 4 is 22.5 Å². The van der Waals surface area contributed by atoms with Crippen LogP contribution in [0.5, 0.6) is 0 Å². The minimum absolute atomic E-state index is 0.0897. The highest BCUT2D eigenvalue weighted by Gasteiger charge is 2.14. The molecule has 1 heterocycles. The molecule has 1 N–H and O–H groups in total. The molecule has 0 saturated carbocycles. The molecule has 0 aliphatic rings. The molecule has 0 spiro atoms. The van der Waals surface area contributed by atoms with Crippen molar-refractivity contribution in [2.24, 2.45) is 0 Å². The van der Waals surface area contributed by atoms with E-state index in [1.165, 1.54) is 5.56 Å². The highest BCUT2D eigenvalue weighted by Crippen LogP contribution is 2.23. The Bertz CT molecular complexity index is 840. The van der Waals surface area contributed by atoms with E-state index in [1.54, 1.807) is 6.20 Å². The molecule has 110 valence electrons. The molecule has 0 aliphatic carbocycles. The van der Waals surface area contributed by atoms with Crippen LogP contribution in [-0.4, -0.2) is 10.9 Å². The van der Waals surface area contributed by atoms with Crippen molar-refractivity contribution in [2.45, 2.75) is 20.8 Å². The summed E-state index contributed by atoms with van der Waals surface area (Å²) in [7, 11) is 0. The van der Waals surface area contributed by atoms with E-state index >= 15 is 0 Å². The maximum Gasteiger partial charge on any atom is 0.256 e. The first-order valence-electron chi connectivity index (χ1n) is 7.29. The zero-order chi connectivity index (χ0) is 15.7. The van der Waals surface area contributed by atoms with Crippen LogP contribution in [-0.2, 0) is 0 Å². The van der Waals surface area contributed by atoms with Gasteiger partial charge in [-0.2, -0.15) is 0 Å². The number of aromatic nitrogens is 1. The van der Waals surface area contributed by atoms with Gasteiger partial charge in [0.25, 0.3) is 5.91 Å². The highest BCUT2D eigenvalue weighted by atomic mass is 16.1. The number of hydrogen-bond donors (Lipinski definition) is 1. The molecule has 0 atom stereocenters. The first kappa shape index (κ1) is 14.3. The summed E-state index contributed by atoms with van der Waals surface area (Å²) in [6, 6.07) is 13.7. The number of para-hydroxylation sites is 1. The maximum atomic E-state index is 12.7. The van der Waals surface area contributed by atoms with Crippen molar-refractivity contribution in [1.82, 2.24) is 4.98 Å². The summed E-state index contributed by atoms with van der Waals surface area (Å²) in [6.45, 7) is 5.98. The van der Waals surface area contributed by atoms with Crippen LogP contribution < -0.4 is 5.32 Å². The number of nitrogens with one attached hydrogen (secondary N) is 1. The third kappa shape index (κ3) is 2.58. The number of nitrogens with zero attached hydrogens (tertiary/aromatic N) is 1. The number of carbonyl (C=O) groups is 1. The average molecular weight is 290 g/mol. The lowest BCUT2D eigenvalue weighted by molar-refractivity contribution is 0.102. The van der Waals surface area contributed by atoms with Crippen LogP contribution in [0.4, 0.5) is 5.69 Å². The van der Waals surface area contributed by atoms with E-state index in [2.05, 4.69) is 10.3 Å². The standard InChI is InChI=1S/C19H18N2O/c1-12-10-13(2)17(14(3)11-12)19(22)21-16-8-4-6-15-7-5-9-20-18(15)16/h4-11H,1-3H3,(H,21,22). The molecule has 22 heavy (non-hydrogen) atoms. The smallest absolute Gasteiger partial charge is 0.256 e. The van der Waals surface area contributed by atoms with E-state index in [9.17, 15) is 4.79 Å². The topological polar surface area (TPSA) is 42.0 Å². The Morgan fingerprint density at radius 1 is 1.00 bits per heavy atom. The molecule has 0 unspecified atom stereocenters. The van der Waals surface area contributed by atoms with Gasteiger partial charge in [0, 0.05) is 17.1 Å². The molecule has 0 fully saturated rings. The van der Waals surface area contributed by atoms with Gasteiger partial charge in [-0.15, -0.1) is 0 Å². The predicted molar refractivity (Wildman–Crippen MR) is 90.3 cm³/mol. The van der Waals surface area contributed by atoms with Gasteiger partial charge in [0.15, 0.2) is 0 Å². The average Bonchev–Trinajstić information content (AvgIpc) is 2.46. The van der Waals surface area contributed by atoms with Gasteiger partial charge in [-0.3, -0.25) is 9.78 Å². The van der Waals surface area contributed by atoms with Gasteiger partial charge in [-0.05, 0) is 44.0 Å². The SMILES string of the molecule is Cc1cc(C)c(C(=O)Nc2cccc3cccnc23)c(C)c1. The molecule has 0 radical (unpaired) electrons. The molecular weight excluding hydrogens is 272 g/mol.